The van der Waals surface area contributed by atoms with Crippen LogP contribution in [0.15, 0.2) is 42.5 Å². The lowest BCUT2D eigenvalue weighted by Gasteiger charge is -2.11. The Balaban J connectivity index is 2.50. The minimum Gasteiger partial charge on any atom is -0.478 e. The summed E-state index contributed by atoms with van der Waals surface area (Å²) in [5, 5.41) is 9.33. The standard InChI is InChI=1S/C18H20O2/c1-12(2)9-14-5-4-6-15(11-14)17-10-13(3)7-8-16(17)18(19)20/h4-8,10-12H,9H2,1-3H3,(H,19,20). The average Bonchev–Trinajstić information content (AvgIpc) is 2.37. The van der Waals surface area contributed by atoms with Crippen molar-refractivity contribution in [3.8, 4) is 11.1 Å². The van der Waals surface area contributed by atoms with Crippen LogP contribution in [0.3, 0.4) is 0 Å². The molecule has 0 saturated heterocycles. The van der Waals surface area contributed by atoms with Crippen LogP contribution in [-0.4, -0.2) is 11.1 Å². The molecule has 1 N–H and O–H groups in total. The lowest BCUT2D eigenvalue weighted by atomic mass is 9.94. The Kier molecular flexibility index (Phi) is 4.23. The number of carboxylic acids is 1. The Morgan fingerprint density at radius 1 is 1.15 bits per heavy atom. The highest BCUT2D eigenvalue weighted by Crippen LogP contribution is 2.26. The minimum atomic E-state index is -0.880. The van der Waals surface area contributed by atoms with E-state index >= 15 is 0 Å². The molecule has 0 saturated carbocycles. The quantitative estimate of drug-likeness (QED) is 0.882. The molecular formula is C18H20O2. The van der Waals surface area contributed by atoms with Crippen LogP contribution in [0.5, 0.6) is 0 Å². The van der Waals surface area contributed by atoms with E-state index < -0.39 is 5.97 Å². The lowest BCUT2D eigenvalue weighted by molar-refractivity contribution is 0.0697. The Hall–Kier alpha value is -2.09. The van der Waals surface area contributed by atoms with Gasteiger partial charge in [-0.1, -0.05) is 55.8 Å². The van der Waals surface area contributed by atoms with Crippen LogP contribution in [0.4, 0.5) is 0 Å². The first-order chi connectivity index (χ1) is 9.47. The smallest absolute Gasteiger partial charge is 0.336 e. The van der Waals surface area contributed by atoms with Crippen LogP contribution in [0.1, 0.15) is 35.3 Å². The third-order valence-corrected chi connectivity index (χ3v) is 3.29. The highest BCUT2D eigenvalue weighted by molar-refractivity contribution is 5.96. The molecule has 0 atom stereocenters. The molecule has 0 aliphatic carbocycles. The maximum atomic E-state index is 11.4. The van der Waals surface area contributed by atoms with E-state index in [1.165, 1.54) is 5.56 Å². The molecule has 0 fully saturated rings. The predicted octanol–water partition coefficient (Wildman–Crippen LogP) is 4.56. The third kappa shape index (κ3) is 3.27. The zero-order chi connectivity index (χ0) is 14.7. The fourth-order valence-corrected chi connectivity index (χ4v) is 2.42. The first-order valence-corrected chi connectivity index (χ1v) is 6.90. The number of hydrogen-bond acceptors (Lipinski definition) is 1. The summed E-state index contributed by atoms with van der Waals surface area (Å²) in [6.07, 6.45) is 1.00. The molecule has 2 nitrogen and oxygen atoms in total. The van der Waals surface area contributed by atoms with Crippen LogP contribution in [0, 0.1) is 12.8 Å². The SMILES string of the molecule is Cc1ccc(C(=O)O)c(-c2cccc(CC(C)C)c2)c1. The first-order valence-electron chi connectivity index (χ1n) is 6.90. The molecule has 0 spiro atoms. The van der Waals surface area contributed by atoms with E-state index in [0.717, 1.165) is 23.1 Å². The van der Waals surface area contributed by atoms with E-state index in [9.17, 15) is 9.90 Å². The number of aromatic carboxylic acids is 1. The second-order valence-corrected chi connectivity index (χ2v) is 5.65. The zero-order valence-electron chi connectivity index (χ0n) is 12.2. The van der Waals surface area contributed by atoms with Crippen molar-refractivity contribution < 1.29 is 9.90 Å². The molecule has 2 aromatic rings. The van der Waals surface area contributed by atoms with Gasteiger partial charge in [0.25, 0.3) is 0 Å². The van der Waals surface area contributed by atoms with Gasteiger partial charge in [0.2, 0.25) is 0 Å². The summed E-state index contributed by atoms with van der Waals surface area (Å²) in [5.74, 6) is -0.295. The van der Waals surface area contributed by atoms with Crippen LogP contribution < -0.4 is 0 Å². The zero-order valence-corrected chi connectivity index (χ0v) is 12.2. The summed E-state index contributed by atoms with van der Waals surface area (Å²) in [7, 11) is 0. The van der Waals surface area contributed by atoms with Crippen LogP contribution >= 0.6 is 0 Å². The van der Waals surface area contributed by atoms with Crippen molar-refractivity contribution in [3.05, 3.63) is 59.2 Å². The van der Waals surface area contributed by atoms with Gasteiger partial charge in [-0.25, -0.2) is 4.79 Å². The van der Waals surface area contributed by atoms with Gasteiger partial charge in [0.05, 0.1) is 5.56 Å². The molecule has 2 heteroatoms. The van der Waals surface area contributed by atoms with Crippen molar-refractivity contribution in [2.24, 2.45) is 5.92 Å². The van der Waals surface area contributed by atoms with Crippen LogP contribution in [0.25, 0.3) is 11.1 Å². The topological polar surface area (TPSA) is 37.3 Å². The summed E-state index contributed by atoms with van der Waals surface area (Å²) in [6.45, 7) is 6.34. The third-order valence-electron chi connectivity index (χ3n) is 3.29. The molecule has 0 unspecified atom stereocenters. The summed E-state index contributed by atoms with van der Waals surface area (Å²) in [5.41, 5.74) is 4.44. The number of rotatable bonds is 4. The van der Waals surface area contributed by atoms with E-state index in [4.69, 9.17) is 0 Å². The molecule has 0 amide bonds. The van der Waals surface area contributed by atoms with Gasteiger partial charge in [-0.15, -0.1) is 0 Å². The molecule has 0 aromatic heterocycles. The van der Waals surface area contributed by atoms with Gasteiger partial charge in [-0.2, -0.15) is 0 Å². The maximum absolute atomic E-state index is 11.4. The summed E-state index contributed by atoms with van der Waals surface area (Å²) in [4.78, 5) is 11.4. The second kappa shape index (κ2) is 5.91. The van der Waals surface area contributed by atoms with Crippen LogP contribution in [-0.2, 0) is 6.42 Å². The summed E-state index contributed by atoms with van der Waals surface area (Å²) < 4.78 is 0. The fourth-order valence-electron chi connectivity index (χ4n) is 2.42. The van der Waals surface area contributed by atoms with Gasteiger partial charge in [0.1, 0.15) is 0 Å². The van der Waals surface area contributed by atoms with Crippen molar-refractivity contribution in [3.63, 3.8) is 0 Å². The highest BCUT2D eigenvalue weighted by atomic mass is 16.4. The van der Waals surface area contributed by atoms with Gasteiger partial charge in [0.15, 0.2) is 0 Å². The first kappa shape index (κ1) is 14.3. The number of carbonyl (C=O) groups is 1. The van der Waals surface area contributed by atoms with Gasteiger partial charge >= 0.3 is 5.97 Å². The summed E-state index contributed by atoms with van der Waals surface area (Å²) >= 11 is 0. The Bertz CT molecular complexity index is 627. The second-order valence-electron chi connectivity index (χ2n) is 5.65. The molecule has 0 aliphatic rings. The van der Waals surface area contributed by atoms with E-state index in [0.29, 0.717) is 11.5 Å². The van der Waals surface area contributed by atoms with Crippen molar-refractivity contribution in [1.82, 2.24) is 0 Å². The Labute approximate surface area is 120 Å². The molecule has 2 rings (SSSR count). The number of carboxylic acid groups (broad SMARTS) is 1. The minimum absolute atomic E-state index is 0.359. The largest absolute Gasteiger partial charge is 0.478 e. The molecule has 104 valence electrons. The van der Waals surface area contributed by atoms with E-state index in [1.54, 1.807) is 6.07 Å². The Morgan fingerprint density at radius 2 is 1.90 bits per heavy atom. The van der Waals surface area contributed by atoms with Crippen molar-refractivity contribution in [2.75, 3.05) is 0 Å². The maximum Gasteiger partial charge on any atom is 0.336 e. The predicted molar refractivity (Wildman–Crippen MR) is 82.1 cm³/mol. The van der Waals surface area contributed by atoms with E-state index in [2.05, 4.69) is 26.0 Å². The molecule has 0 heterocycles. The van der Waals surface area contributed by atoms with Gasteiger partial charge in [0, 0.05) is 0 Å². The molecule has 0 radical (unpaired) electrons. The summed E-state index contributed by atoms with van der Waals surface area (Å²) in [6, 6.07) is 13.6. The van der Waals surface area contributed by atoms with Gasteiger partial charge < -0.3 is 5.11 Å². The molecule has 20 heavy (non-hydrogen) atoms. The van der Waals surface area contributed by atoms with E-state index in [-0.39, 0.29) is 0 Å². The average molecular weight is 268 g/mol. The van der Waals surface area contributed by atoms with Gasteiger partial charge in [-0.3, -0.25) is 0 Å². The monoisotopic (exact) mass is 268 g/mol. The molecule has 2 aromatic carbocycles. The highest BCUT2D eigenvalue weighted by Gasteiger charge is 2.12. The van der Waals surface area contributed by atoms with Crippen molar-refractivity contribution in [2.45, 2.75) is 27.2 Å². The van der Waals surface area contributed by atoms with Crippen molar-refractivity contribution in [1.29, 1.82) is 0 Å². The number of hydrogen-bond donors (Lipinski definition) is 1. The number of aryl methyl sites for hydroxylation is 1. The molecular weight excluding hydrogens is 248 g/mol. The normalized spacial score (nSPS) is 10.8. The number of benzene rings is 2. The molecule has 0 bridgehead atoms. The van der Waals surface area contributed by atoms with Crippen LogP contribution in [0.2, 0.25) is 0 Å². The Morgan fingerprint density at radius 3 is 2.55 bits per heavy atom. The lowest BCUT2D eigenvalue weighted by Crippen LogP contribution is -2.00. The van der Waals surface area contributed by atoms with E-state index in [1.807, 2.05) is 31.2 Å². The van der Waals surface area contributed by atoms with Crippen molar-refractivity contribution >= 4 is 5.97 Å². The molecule has 0 aliphatic heterocycles. The fraction of sp³-hybridized carbons (Fsp3) is 0.278. The van der Waals surface area contributed by atoms with Gasteiger partial charge in [-0.05, 0) is 42.0 Å².